The van der Waals surface area contributed by atoms with E-state index >= 15 is 0 Å². The van der Waals surface area contributed by atoms with Crippen molar-refractivity contribution in [3.05, 3.63) is 0 Å². The summed E-state index contributed by atoms with van der Waals surface area (Å²) in [6.07, 6.45) is 21.9. The van der Waals surface area contributed by atoms with E-state index in [-0.39, 0.29) is 0 Å². The van der Waals surface area contributed by atoms with Gasteiger partial charge in [0.15, 0.2) is 0 Å². The molecule has 4 bridgehead atoms. The van der Waals surface area contributed by atoms with E-state index in [2.05, 4.69) is 13.8 Å². The Kier molecular flexibility index (Phi) is 4.92. The van der Waals surface area contributed by atoms with Crippen molar-refractivity contribution >= 4 is 17.2 Å². The Balaban J connectivity index is 1.76. The topological polar surface area (TPSA) is 0 Å². The first-order chi connectivity index (χ1) is 11.2. The van der Waals surface area contributed by atoms with Crippen molar-refractivity contribution in [3.63, 3.8) is 0 Å². The fourth-order valence-corrected chi connectivity index (χ4v) is 13.9. The highest BCUT2D eigenvalue weighted by molar-refractivity contribution is 7.42. The minimum absolute atomic E-state index is 0.703. The summed E-state index contributed by atoms with van der Waals surface area (Å²) in [5, 5.41) is 1.54. The molecular weight excluding hydrogens is 314 g/mol. The van der Waals surface area contributed by atoms with Crippen LogP contribution in [0.4, 0.5) is 0 Å². The van der Waals surface area contributed by atoms with Crippen molar-refractivity contribution in [1.82, 2.24) is 0 Å². The molecule has 0 aromatic heterocycles. The number of rotatable bonds is 4. The maximum absolute atomic E-state index is 2.60. The maximum Gasteiger partial charge on any atom is -0.00546 e. The highest BCUT2D eigenvalue weighted by atomic mass is 31.1. The average Bonchev–Trinajstić information content (AvgIpc) is 2.56. The first-order valence-electron chi connectivity index (χ1n) is 10.7. The Labute approximate surface area is 148 Å². The molecule has 0 aromatic carbocycles. The third-order valence-electron chi connectivity index (χ3n) is 8.62. The molecule has 4 aliphatic rings. The van der Waals surface area contributed by atoms with Gasteiger partial charge < -0.3 is 0 Å². The lowest BCUT2D eigenvalue weighted by atomic mass is 9.56. The standard InChI is InChI=1S/C21H38P2/c1-3-19(4-2,20-13-5-9-17(22-20)10-6-14-20)21-15-7-11-18(23-21)12-8-16-21/h17-18,22-23H,3-16H2,1-2H3. The number of hydrogen-bond donors (Lipinski definition) is 0. The van der Waals surface area contributed by atoms with Gasteiger partial charge in [-0.15, -0.1) is 17.2 Å². The van der Waals surface area contributed by atoms with Crippen LogP contribution < -0.4 is 0 Å². The second-order valence-corrected chi connectivity index (χ2v) is 13.3. The van der Waals surface area contributed by atoms with Crippen LogP contribution in [0.5, 0.6) is 0 Å². The molecule has 4 saturated heterocycles. The minimum Gasteiger partial charge on any atom is -0.112 e. The molecule has 0 N–H and O–H groups in total. The second-order valence-electron chi connectivity index (χ2n) is 9.20. The summed E-state index contributed by atoms with van der Waals surface area (Å²) in [5.74, 6) is 0. The minimum atomic E-state index is 0.703. The quantitative estimate of drug-likeness (QED) is 0.473. The molecule has 2 heteroatoms. The molecule has 0 aliphatic carbocycles. The SMILES string of the molecule is CCC(CC)(C12CCCC(CCC1)P2)C12CCCC(CCC1)P2. The third-order valence-corrected chi connectivity index (χ3v) is 13.7. The Hall–Kier alpha value is 0.860. The summed E-state index contributed by atoms with van der Waals surface area (Å²) in [5.41, 5.74) is 2.95. The van der Waals surface area contributed by atoms with E-state index in [1.54, 1.807) is 77.0 Å². The van der Waals surface area contributed by atoms with Crippen LogP contribution in [-0.4, -0.2) is 21.6 Å². The molecular formula is C21H38P2. The molecule has 2 atom stereocenters. The van der Waals surface area contributed by atoms with Gasteiger partial charge in [0.1, 0.15) is 0 Å². The van der Waals surface area contributed by atoms with Crippen LogP contribution in [0.3, 0.4) is 0 Å². The molecule has 4 rings (SSSR count). The monoisotopic (exact) mass is 352 g/mol. The van der Waals surface area contributed by atoms with Crippen LogP contribution in [0.15, 0.2) is 0 Å². The predicted octanol–water partition coefficient (Wildman–Crippen LogP) is 7.10. The second kappa shape index (κ2) is 6.54. The Morgan fingerprint density at radius 3 is 1.35 bits per heavy atom. The summed E-state index contributed by atoms with van der Waals surface area (Å²) in [4.78, 5) is 0. The van der Waals surface area contributed by atoms with Crippen LogP contribution in [0.25, 0.3) is 0 Å². The van der Waals surface area contributed by atoms with Gasteiger partial charge >= 0.3 is 0 Å². The lowest BCUT2D eigenvalue weighted by Gasteiger charge is -2.67. The van der Waals surface area contributed by atoms with Crippen molar-refractivity contribution in [1.29, 1.82) is 0 Å². The van der Waals surface area contributed by atoms with Gasteiger partial charge in [0.05, 0.1) is 0 Å². The lowest BCUT2D eigenvalue weighted by Crippen LogP contribution is -2.61. The zero-order chi connectivity index (χ0) is 16.0. The molecule has 4 heterocycles. The summed E-state index contributed by atoms with van der Waals surface area (Å²) >= 11 is 0. The van der Waals surface area contributed by atoms with Gasteiger partial charge in [0, 0.05) is 0 Å². The van der Waals surface area contributed by atoms with Crippen molar-refractivity contribution < 1.29 is 0 Å². The highest BCUT2D eigenvalue weighted by Gasteiger charge is 2.62. The molecule has 0 nitrogen and oxygen atoms in total. The lowest BCUT2D eigenvalue weighted by molar-refractivity contribution is 0.0555. The molecule has 0 aromatic rings. The average molecular weight is 352 g/mol. The Bertz CT molecular complexity index is 370. The van der Waals surface area contributed by atoms with Crippen LogP contribution in [0.2, 0.25) is 0 Å². The molecule has 4 fully saturated rings. The van der Waals surface area contributed by atoms with Crippen LogP contribution >= 0.6 is 17.2 Å². The van der Waals surface area contributed by atoms with Gasteiger partial charge in [-0.1, -0.05) is 39.5 Å². The van der Waals surface area contributed by atoms with E-state index in [9.17, 15) is 0 Å². The summed E-state index contributed by atoms with van der Waals surface area (Å²) in [6, 6.07) is 0. The summed E-state index contributed by atoms with van der Waals surface area (Å²) in [7, 11) is 2.64. The molecule has 0 saturated carbocycles. The van der Waals surface area contributed by atoms with Gasteiger partial charge in [-0.3, -0.25) is 0 Å². The molecule has 0 amide bonds. The van der Waals surface area contributed by atoms with Gasteiger partial charge in [0.2, 0.25) is 0 Å². The van der Waals surface area contributed by atoms with E-state index in [0.29, 0.717) is 5.41 Å². The van der Waals surface area contributed by atoms with Crippen LogP contribution in [-0.2, 0) is 0 Å². The Morgan fingerprint density at radius 1 is 0.696 bits per heavy atom. The molecule has 132 valence electrons. The predicted molar refractivity (Wildman–Crippen MR) is 108 cm³/mol. The zero-order valence-corrected chi connectivity index (χ0v) is 17.6. The summed E-state index contributed by atoms with van der Waals surface area (Å²) in [6.45, 7) is 5.19. The summed E-state index contributed by atoms with van der Waals surface area (Å²) < 4.78 is 0. The fourth-order valence-electron chi connectivity index (χ4n) is 7.79. The molecule has 0 radical (unpaired) electrons. The first kappa shape index (κ1) is 17.3. The highest BCUT2D eigenvalue weighted by Crippen LogP contribution is 2.74. The van der Waals surface area contributed by atoms with E-state index < -0.39 is 0 Å². The van der Waals surface area contributed by atoms with Gasteiger partial charge in [-0.25, -0.2) is 0 Å². The third kappa shape index (κ3) is 2.52. The van der Waals surface area contributed by atoms with Crippen molar-refractivity contribution in [3.8, 4) is 0 Å². The normalized spacial score (nSPS) is 46.2. The van der Waals surface area contributed by atoms with Gasteiger partial charge in [-0.2, -0.15) is 0 Å². The molecule has 2 unspecified atom stereocenters. The van der Waals surface area contributed by atoms with E-state index in [0.717, 1.165) is 21.6 Å². The number of fused-ring (bicyclic) bond motifs is 4. The van der Waals surface area contributed by atoms with Crippen LogP contribution in [0.1, 0.15) is 104 Å². The van der Waals surface area contributed by atoms with E-state index in [1.807, 2.05) is 0 Å². The van der Waals surface area contributed by atoms with Crippen molar-refractivity contribution in [2.75, 3.05) is 0 Å². The molecule has 23 heavy (non-hydrogen) atoms. The van der Waals surface area contributed by atoms with Crippen molar-refractivity contribution in [2.45, 2.75) is 125 Å². The largest absolute Gasteiger partial charge is 0.112 e. The zero-order valence-electron chi connectivity index (χ0n) is 15.6. The molecule has 0 spiro atoms. The van der Waals surface area contributed by atoms with Gasteiger partial charge in [-0.05, 0) is 91.3 Å². The number of hydrogen-bond acceptors (Lipinski definition) is 0. The Morgan fingerprint density at radius 2 is 1.04 bits per heavy atom. The maximum atomic E-state index is 2.60. The fraction of sp³-hybridized carbons (Fsp3) is 1.00. The van der Waals surface area contributed by atoms with Crippen molar-refractivity contribution in [2.24, 2.45) is 5.41 Å². The van der Waals surface area contributed by atoms with Crippen LogP contribution in [0, 0.1) is 5.41 Å². The smallest absolute Gasteiger partial charge is 0.00546 e. The first-order valence-corrected chi connectivity index (χ1v) is 12.9. The van der Waals surface area contributed by atoms with E-state index in [1.165, 1.54) is 30.0 Å². The van der Waals surface area contributed by atoms with Gasteiger partial charge in [0.25, 0.3) is 0 Å². The molecule has 4 aliphatic heterocycles. The van der Waals surface area contributed by atoms with E-state index in [4.69, 9.17) is 0 Å².